The molecule has 6 heteroatoms. The van der Waals surface area contributed by atoms with Gasteiger partial charge in [0.2, 0.25) is 9.04 Å². The molecule has 0 amide bonds. The van der Waals surface area contributed by atoms with Gasteiger partial charge in [-0.3, -0.25) is 0 Å². The Morgan fingerprint density at radius 3 is 2.31 bits per heavy atom. The molecule has 1 aliphatic heterocycles. The van der Waals surface area contributed by atoms with E-state index in [1.54, 1.807) is 6.07 Å². The maximum absolute atomic E-state index is 13.8. The summed E-state index contributed by atoms with van der Waals surface area (Å²) in [6.07, 6.45) is 12.5. The SMILES string of the molecule is CO[Si]1CCC(C2CCC(CCCCc3ccc(OC(F)F)c(F)c3)CC2)CC1. The third-order valence-corrected chi connectivity index (χ3v) is 9.24. The van der Waals surface area contributed by atoms with Crippen molar-refractivity contribution in [2.45, 2.75) is 82.9 Å². The Morgan fingerprint density at radius 2 is 1.69 bits per heavy atom. The molecule has 1 radical (unpaired) electrons. The minimum Gasteiger partial charge on any atom is -0.432 e. The van der Waals surface area contributed by atoms with Crippen LogP contribution < -0.4 is 4.74 Å². The first-order valence-electron chi connectivity index (χ1n) is 11.2. The summed E-state index contributed by atoms with van der Waals surface area (Å²) in [7, 11) is 1.40. The number of hydrogen-bond donors (Lipinski definition) is 0. The maximum Gasteiger partial charge on any atom is 0.387 e. The van der Waals surface area contributed by atoms with Crippen LogP contribution in [0.1, 0.15) is 63.4 Å². The molecule has 0 bridgehead atoms. The second-order valence-electron chi connectivity index (χ2n) is 8.75. The van der Waals surface area contributed by atoms with Gasteiger partial charge in [0, 0.05) is 7.11 Å². The minimum absolute atomic E-state index is 0.377. The van der Waals surface area contributed by atoms with Gasteiger partial charge in [-0.2, -0.15) is 8.78 Å². The van der Waals surface area contributed by atoms with E-state index >= 15 is 0 Å². The zero-order valence-electron chi connectivity index (χ0n) is 17.5. The van der Waals surface area contributed by atoms with E-state index < -0.39 is 21.5 Å². The van der Waals surface area contributed by atoms with Gasteiger partial charge in [0.05, 0.1) is 0 Å². The highest BCUT2D eigenvalue weighted by atomic mass is 28.3. The zero-order chi connectivity index (χ0) is 20.6. The molecule has 29 heavy (non-hydrogen) atoms. The molecule has 1 aromatic carbocycles. The summed E-state index contributed by atoms with van der Waals surface area (Å²) in [6, 6.07) is 6.99. The second kappa shape index (κ2) is 11.4. The number of alkyl halides is 2. The van der Waals surface area contributed by atoms with Crippen LogP contribution in [0.4, 0.5) is 13.2 Å². The molecule has 1 aromatic rings. The number of aryl methyl sites for hydroxylation is 1. The number of hydrogen-bond acceptors (Lipinski definition) is 2. The normalized spacial score (nSPS) is 24.2. The van der Waals surface area contributed by atoms with Crippen molar-refractivity contribution in [3.8, 4) is 5.75 Å². The van der Waals surface area contributed by atoms with Gasteiger partial charge in [-0.05, 0) is 73.2 Å². The van der Waals surface area contributed by atoms with Crippen molar-refractivity contribution in [3.63, 3.8) is 0 Å². The molecule has 1 aliphatic carbocycles. The molecule has 0 unspecified atom stereocenters. The molecular weight excluding hydrogens is 393 g/mol. The van der Waals surface area contributed by atoms with Gasteiger partial charge in [-0.15, -0.1) is 0 Å². The molecule has 2 aliphatic rings. The molecule has 1 saturated heterocycles. The van der Waals surface area contributed by atoms with Gasteiger partial charge in [0.25, 0.3) is 0 Å². The predicted octanol–water partition coefficient (Wildman–Crippen LogP) is 6.99. The number of unbranched alkanes of at least 4 members (excludes halogenated alkanes) is 1. The van der Waals surface area contributed by atoms with Gasteiger partial charge in [-0.25, -0.2) is 4.39 Å². The highest BCUT2D eigenvalue weighted by Gasteiger charge is 2.31. The third-order valence-electron chi connectivity index (χ3n) is 6.97. The van der Waals surface area contributed by atoms with Crippen LogP contribution in [0.15, 0.2) is 18.2 Å². The maximum atomic E-state index is 13.8. The van der Waals surface area contributed by atoms with Crippen molar-refractivity contribution in [2.75, 3.05) is 7.11 Å². The van der Waals surface area contributed by atoms with E-state index in [4.69, 9.17) is 4.43 Å². The van der Waals surface area contributed by atoms with E-state index in [1.165, 1.54) is 69.2 Å². The van der Waals surface area contributed by atoms with Gasteiger partial charge in [0.15, 0.2) is 11.6 Å². The van der Waals surface area contributed by atoms with Crippen molar-refractivity contribution in [1.82, 2.24) is 0 Å². The average molecular weight is 428 g/mol. The van der Waals surface area contributed by atoms with Crippen LogP contribution in [0, 0.1) is 23.6 Å². The van der Waals surface area contributed by atoms with E-state index in [-0.39, 0.29) is 5.75 Å². The minimum atomic E-state index is -2.99. The summed E-state index contributed by atoms with van der Waals surface area (Å²) in [5.74, 6) is 1.63. The quantitative estimate of drug-likeness (QED) is 0.312. The number of halogens is 3. The molecule has 2 fully saturated rings. The van der Waals surface area contributed by atoms with Crippen molar-refractivity contribution < 1.29 is 22.3 Å². The molecule has 2 nitrogen and oxygen atoms in total. The number of ether oxygens (including phenoxy) is 1. The summed E-state index contributed by atoms with van der Waals surface area (Å²) < 4.78 is 47.9. The van der Waals surface area contributed by atoms with Crippen LogP contribution in [-0.4, -0.2) is 22.8 Å². The first-order chi connectivity index (χ1) is 14.0. The van der Waals surface area contributed by atoms with Gasteiger partial charge in [-0.1, -0.05) is 44.6 Å². The lowest BCUT2D eigenvalue weighted by molar-refractivity contribution is -0.0522. The van der Waals surface area contributed by atoms with E-state index in [2.05, 4.69) is 4.74 Å². The highest BCUT2D eigenvalue weighted by molar-refractivity contribution is 6.51. The zero-order valence-corrected chi connectivity index (χ0v) is 18.5. The Labute approximate surface area is 174 Å². The molecular formula is C23H34F3O2Si. The van der Waals surface area contributed by atoms with Gasteiger partial charge in [0.1, 0.15) is 0 Å². The molecule has 1 saturated carbocycles. The molecule has 3 rings (SSSR count). The standard InChI is InChI=1S/C23H34F3O2Si/c1-27-29-14-12-20(13-15-29)19-9-6-17(7-10-19)4-2-3-5-18-8-11-22(21(24)16-18)28-23(25)26/h8,11,16-17,19-20,23H,2-7,9-10,12-15H2,1H3. The lowest BCUT2D eigenvalue weighted by Crippen LogP contribution is -2.29. The Hall–Kier alpha value is -1.01. The Balaban J connectivity index is 1.31. The lowest BCUT2D eigenvalue weighted by Gasteiger charge is -2.37. The Morgan fingerprint density at radius 1 is 1.00 bits per heavy atom. The smallest absolute Gasteiger partial charge is 0.387 e. The van der Waals surface area contributed by atoms with Crippen LogP contribution in [0.5, 0.6) is 5.75 Å². The Kier molecular flexibility index (Phi) is 8.91. The van der Waals surface area contributed by atoms with Gasteiger partial charge >= 0.3 is 6.61 Å². The van der Waals surface area contributed by atoms with Crippen LogP contribution >= 0.6 is 0 Å². The molecule has 163 valence electrons. The third kappa shape index (κ3) is 7.02. The van der Waals surface area contributed by atoms with E-state index in [0.29, 0.717) is 0 Å². The van der Waals surface area contributed by atoms with E-state index in [1.807, 2.05) is 7.11 Å². The molecule has 0 aromatic heterocycles. The van der Waals surface area contributed by atoms with Crippen molar-refractivity contribution in [2.24, 2.45) is 17.8 Å². The predicted molar refractivity (Wildman–Crippen MR) is 111 cm³/mol. The fourth-order valence-electron chi connectivity index (χ4n) is 5.24. The van der Waals surface area contributed by atoms with Crippen LogP contribution in [-0.2, 0) is 10.8 Å². The fourth-order valence-corrected chi connectivity index (χ4v) is 7.28. The largest absolute Gasteiger partial charge is 0.432 e. The number of benzene rings is 1. The summed E-state index contributed by atoms with van der Waals surface area (Å²) >= 11 is 0. The summed E-state index contributed by atoms with van der Waals surface area (Å²) in [5, 5.41) is 0. The molecule has 1 heterocycles. The van der Waals surface area contributed by atoms with Crippen molar-refractivity contribution in [3.05, 3.63) is 29.6 Å². The van der Waals surface area contributed by atoms with Crippen molar-refractivity contribution in [1.29, 1.82) is 0 Å². The highest BCUT2D eigenvalue weighted by Crippen LogP contribution is 2.41. The topological polar surface area (TPSA) is 18.5 Å². The van der Waals surface area contributed by atoms with E-state index in [9.17, 15) is 13.2 Å². The lowest BCUT2D eigenvalue weighted by atomic mass is 9.73. The number of rotatable bonds is 9. The first-order valence-corrected chi connectivity index (χ1v) is 13.0. The van der Waals surface area contributed by atoms with Crippen LogP contribution in [0.25, 0.3) is 0 Å². The van der Waals surface area contributed by atoms with Crippen LogP contribution in [0.3, 0.4) is 0 Å². The summed E-state index contributed by atoms with van der Waals surface area (Å²) in [4.78, 5) is 0. The molecule has 0 N–H and O–H groups in total. The monoisotopic (exact) mass is 427 g/mol. The first kappa shape index (κ1) is 22.7. The molecule has 0 spiro atoms. The molecule has 0 atom stereocenters. The fraction of sp³-hybridized carbons (Fsp3) is 0.739. The van der Waals surface area contributed by atoms with Crippen LogP contribution in [0.2, 0.25) is 12.1 Å². The van der Waals surface area contributed by atoms with Gasteiger partial charge < -0.3 is 9.16 Å². The average Bonchev–Trinajstić information content (AvgIpc) is 2.73. The van der Waals surface area contributed by atoms with Crippen molar-refractivity contribution >= 4 is 9.04 Å². The van der Waals surface area contributed by atoms with E-state index in [0.717, 1.165) is 42.6 Å². The second-order valence-corrected chi connectivity index (χ2v) is 11.2. The summed E-state index contributed by atoms with van der Waals surface area (Å²) in [5.41, 5.74) is 0.849. The summed E-state index contributed by atoms with van der Waals surface area (Å²) in [6.45, 7) is -2.99. The Bertz CT molecular complexity index is 612.